The first-order chi connectivity index (χ1) is 13.2. The molecule has 4 rings (SSSR count). The smallest absolute Gasteiger partial charge is 0.254 e. The topological polar surface area (TPSA) is 63.7 Å². The van der Waals surface area contributed by atoms with Crippen LogP contribution in [0.25, 0.3) is 0 Å². The Labute approximate surface area is 159 Å². The molecule has 2 fully saturated rings. The number of aromatic nitrogens is 1. The Balaban J connectivity index is 1.32. The third kappa shape index (κ3) is 3.62. The first-order valence-electron chi connectivity index (χ1n) is 9.42. The maximum Gasteiger partial charge on any atom is 0.254 e. The number of pyridine rings is 1. The largest absolute Gasteiger partial charge is 0.497 e. The third-order valence-electron chi connectivity index (χ3n) is 5.58. The maximum atomic E-state index is 12.7. The van der Waals surface area contributed by atoms with Gasteiger partial charge in [-0.05, 0) is 49.1 Å². The zero-order valence-electron chi connectivity index (χ0n) is 15.6. The van der Waals surface area contributed by atoms with E-state index in [4.69, 9.17) is 9.47 Å². The van der Waals surface area contributed by atoms with E-state index in [-0.39, 0.29) is 11.5 Å². The molecular formula is C21H25N3O3. The maximum absolute atomic E-state index is 12.7. The number of methoxy groups -OCH3 is 1. The van der Waals surface area contributed by atoms with Crippen molar-refractivity contribution in [2.75, 3.05) is 38.7 Å². The van der Waals surface area contributed by atoms with Gasteiger partial charge in [0.15, 0.2) is 0 Å². The van der Waals surface area contributed by atoms with Crippen LogP contribution in [0.2, 0.25) is 0 Å². The molecule has 0 unspecified atom stereocenters. The number of rotatable bonds is 6. The summed E-state index contributed by atoms with van der Waals surface area (Å²) in [7, 11) is 1.61. The van der Waals surface area contributed by atoms with Crippen molar-refractivity contribution in [3.63, 3.8) is 0 Å². The van der Waals surface area contributed by atoms with Gasteiger partial charge in [-0.2, -0.15) is 0 Å². The predicted octanol–water partition coefficient (Wildman–Crippen LogP) is 2.82. The van der Waals surface area contributed by atoms with Crippen molar-refractivity contribution < 1.29 is 14.3 Å². The van der Waals surface area contributed by atoms with E-state index in [0.717, 1.165) is 31.8 Å². The summed E-state index contributed by atoms with van der Waals surface area (Å²) in [6.45, 7) is 2.96. The number of amides is 1. The lowest BCUT2D eigenvalue weighted by atomic mass is 9.78. The number of benzene rings is 1. The average molecular weight is 367 g/mol. The van der Waals surface area contributed by atoms with Crippen LogP contribution in [0.1, 0.15) is 23.2 Å². The minimum atomic E-state index is -0.180. The molecule has 1 amide bonds. The highest BCUT2D eigenvalue weighted by atomic mass is 16.5. The van der Waals surface area contributed by atoms with Gasteiger partial charge in [0, 0.05) is 24.9 Å². The monoisotopic (exact) mass is 367 g/mol. The van der Waals surface area contributed by atoms with Crippen molar-refractivity contribution in [1.82, 2.24) is 9.88 Å². The molecule has 2 saturated heterocycles. The van der Waals surface area contributed by atoms with Crippen LogP contribution in [0.15, 0.2) is 48.7 Å². The minimum absolute atomic E-state index is 0.0420. The van der Waals surface area contributed by atoms with Crippen LogP contribution in [-0.2, 0) is 4.74 Å². The number of nitrogens with zero attached hydrogens (tertiary/aromatic N) is 2. The quantitative estimate of drug-likeness (QED) is 0.851. The molecule has 3 heterocycles. The standard InChI is InChI=1S/C21H25N3O3/c1-26-18-6-4-5-16(13-18)20(25)24-14-21(15-24)17(9-12-27-21)8-11-23-19-7-2-3-10-22-19/h2-7,10,13,17H,8-9,11-12,14-15H2,1H3,(H,22,23)/t17-/m1/s1. The Morgan fingerprint density at radius 1 is 1.33 bits per heavy atom. The summed E-state index contributed by atoms with van der Waals surface area (Å²) in [6.07, 6.45) is 3.85. The molecule has 0 aliphatic carbocycles. The first kappa shape index (κ1) is 17.8. The van der Waals surface area contributed by atoms with Gasteiger partial charge in [-0.1, -0.05) is 12.1 Å². The Bertz CT molecular complexity index is 790. The molecule has 1 aromatic carbocycles. The van der Waals surface area contributed by atoms with E-state index in [0.29, 0.717) is 30.3 Å². The number of likely N-dealkylation sites (tertiary alicyclic amines) is 1. The van der Waals surface area contributed by atoms with Gasteiger partial charge < -0.3 is 19.7 Å². The molecular weight excluding hydrogens is 342 g/mol. The van der Waals surface area contributed by atoms with Crippen molar-refractivity contribution in [1.29, 1.82) is 0 Å². The molecule has 1 aromatic heterocycles. The molecule has 2 aliphatic heterocycles. The normalized spacial score (nSPS) is 20.3. The van der Waals surface area contributed by atoms with Gasteiger partial charge in [0.1, 0.15) is 17.2 Å². The van der Waals surface area contributed by atoms with Crippen LogP contribution >= 0.6 is 0 Å². The summed E-state index contributed by atoms with van der Waals surface area (Å²) < 4.78 is 11.3. The molecule has 27 heavy (non-hydrogen) atoms. The van der Waals surface area contributed by atoms with Gasteiger partial charge in [0.25, 0.3) is 5.91 Å². The van der Waals surface area contributed by atoms with E-state index in [1.807, 2.05) is 41.3 Å². The number of carbonyl (C=O) groups excluding carboxylic acids is 1. The Morgan fingerprint density at radius 3 is 3.00 bits per heavy atom. The molecule has 1 N–H and O–H groups in total. The lowest BCUT2D eigenvalue weighted by molar-refractivity contribution is -0.117. The molecule has 142 valence electrons. The van der Waals surface area contributed by atoms with E-state index in [1.165, 1.54) is 0 Å². The molecule has 1 spiro atoms. The van der Waals surface area contributed by atoms with E-state index in [1.54, 1.807) is 19.4 Å². The SMILES string of the molecule is COc1cccc(C(=O)N2CC3(C2)OCC[C@H]3CCNc2ccccn2)c1. The summed E-state index contributed by atoms with van der Waals surface area (Å²) >= 11 is 0. The number of anilines is 1. The molecule has 6 heteroatoms. The number of hydrogen-bond acceptors (Lipinski definition) is 5. The highest BCUT2D eigenvalue weighted by molar-refractivity contribution is 5.95. The van der Waals surface area contributed by atoms with E-state index in [2.05, 4.69) is 10.3 Å². The summed E-state index contributed by atoms with van der Waals surface area (Å²) in [5.74, 6) is 2.10. The fourth-order valence-corrected chi connectivity index (χ4v) is 4.07. The second kappa shape index (κ2) is 7.56. The predicted molar refractivity (Wildman–Crippen MR) is 103 cm³/mol. The van der Waals surface area contributed by atoms with Crippen LogP contribution in [0.3, 0.4) is 0 Å². The highest BCUT2D eigenvalue weighted by Gasteiger charge is 2.54. The van der Waals surface area contributed by atoms with Gasteiger partial charge in [0.2, 0.25) is 0 Å². The van der Waals surface area contributed by atoms with Gasteiger partial charge >= 0.3 is 0 Å². The average Bonchev–Trinajstić information content (AvgIpc) is 3.11. The summed E-state index contributed by atoms with van der Waals surface area (Å²) in [4.78, 5) is 18.9. The molecule has 1 atom stereocenters. The van der Waals surface area contributed by atoms with Crippen molar-refractivity contribution in [3.8, 4) is 5.75 Å². The summed E-state index contributed by atoms with van der Waals surface area (Å²) in [6, 6.07) is 13.2. The van der Waals surface area contributed by atoms with E-state index < -0.39 is 0 Å². The van der Waals surface area contributed by atoms with Crippen LogP contribution in [0.5, 0.6) is 5.75 Å². The van der Waals surface area contributed by atoms with E-state index in [9.17, 15) is 4.79 Å². The minimum Gasteiger partial charge on any atom is -0.497 e. The van der Waals surface area contributed by atoms with Gasteiger partial charge in [-0.25, -0.2) is 4.98 Å². The zero-order valence-corrected chi connectivity index (χ0v) is 15.6. The fourth-order valence-electron chi connectivity index (χ4n) is 4.07. The number of carbonyl (C=O) groups is 1. The first-order valence-corrected chi connectivity index (χ1v) is 9.42. The second-order valence-electron chi connectivity index (χ2n) is 7.22. The molecule has 2 aromatic rings. The zero-order chi connectivity index (χ0) is 18.7. The van der Waals surface area contributed by atoms with Crippen LogP contribution in [-0.4, -0.2) is 54.7 Å². The lowest BCUT2D eigenvalue weighted by Crippen LogP contribution is -2.66. The van der Waals surface area contributed by atoms with Gasteiger partial charge in [-0.15, -0.1) is 0 Å². The molecule has 0 saturated carbocycles. The van der Waals surface area contributed by atoms with Crippen molar-refractivity contribution in [3.05, 3.63) is 54.2 Å². The molecule has 6 nitrogen and oxygen atoms in total. The lowest BCUT2D eigenvalue weighted by Gasteiger charge is -2.50. The number of hydrogen-bond donors (Lipinski definition) is 1. The Morgan fingerprint density at radius 2 is 2.22 bits per heavy atom. The van der Waals surface area contributed by atoms with E-state index >= 15 is 0 Å². The van der Waals surface area contributed by atoms with Gasteiger partial charge in [-0.3, -0.25) is 4.79 Å². The van der Waals surface area contributed by atoms with Crippen molar-refractivity contribution in [2.45, 2.75) is 18.4 Å². The Kier molecular flexibility index (Phi) is 4.99. The summed E-state index contributed by atoms with van der Waals surface area (Å²) in [5, 5.41) is 3.37. The second-order valence-corrected chi connectivity index (χ2v) is 7.22. The number of ether oxygens (including phenoxy) is 2. The van der Waals surface area contributed by atoms with Crippen molar-refractivity contribution >= 4 is 11.7 Å². The molecule has 2 aliphatic rings. The fraction of sp³-hybridized carbons (Fsp3) is 0.429. The van der Waals surface area contributed by atoms with Crippen molar-refractivity contribution in [2.24, 2.45) is 5.92 Å². The molecule has 0 bridgehead atoms. The number of nitrogens with one attached hydrogen (secondary N) is 1. The third-order valence-corrected chi connectivity index (χ3v) is 5.58. The van der Waals surface area contributed by atoms with Crippen LogP contribution < -0.4 is 10.1 Å². The molecule has 0 radical (unpaired) electrons. The summed E-state index contributed by atoms with van der Waals surface area (Å²) in [5.41, 5.74) is 0.482. The highest BCUT2D eigenvalue weighted by Crippen LogP contribution is 2.42. The van der Waals surface area contributed by atoms with Crippen LogP contribution in [0, 0.1) is 5.92 Å². The van der Waals surface area contributed by atoms with Crippen LogP contribution in [0.4, 0.5) is 5.82 Å². The van der Waals surface area contributed by atoms with Gasteiger partial charge in [0.05, 0.1) is 20.2 Å². The Hall–Kier alpha value is -2.60.